The number of ether oxygens (including phenoxy) is 2. The number of methoxy groups -OCH3 is 1. The van der Waals surface area contributed by atoms with Crippen LogP contribution in [-0.4, -0.2) is 54.9 Å². The molecule has 3 aromatic rings. The number of nitrogens with one attached hydrogen (secondary N) is 1. The highest BCUT2D eigenvalue weighted by atomic mass is 16.5. The van der Waals surface area contributed by atoms with Crippen molar-refractivity contribution in [3.05, 3.63) is 48.0 Å². The lowest BCUT2D eigenvalue weighted by atomic mass is 9.97. The van der Waals surface area contributed by atoms with Gasteiger partial charge in [0.15, 0.2) is 5.82 Å². The second-order valence-electron chi connectivity index (χ2n) is 9.07. The van der Waals surface area contributed by atoms with Crippen LogP contribution in [0, 0.1) is 5.41 Å². The summed E-state index contributed by atoms with van der Waals surface area (Å²) in [6.45, 7) is 10.7. The van der Waals surface area contributed by atoms with Gasteiger partial charge in [0.05, 0.1) is 20.3 Å². The van der Waals surface area contributed by atoms with Gasteiger partial charge in [-0.05, 0) is 17.5 Å². The lowest BCUT2D eigenvalue weighted by molar-refractivity contribution is 0.122. The minimum atomic E-state index is 0.148. The molecule has 1 N–H and O–H groups in total. The van der Waals surface area contributed by atoms with Crippen LogP contribution in [0.5, 0.6) is 5.75 Å². The van der Waals surface area contributed by atoms with Crippen molar-refractivity contribution in [1.82, 2.24) is 15.0 Å². The van der Waals surface area contributed by atoms with Gasteiger partial charge in [0.25, 0.3) is 0 Å². The van der Waals surface area contributed by atoms with E-state index in [1.54, 1.807) is 13.3 Å². The van der Waals surface area contributed by atoms with E-state index in [-0.39, 0.29) is 5.41 Å². The summed E-state index contributed by atoms with van der Waals surface area (Å²) < 4.78 is 11.2. The standard InChI is InChI=1S/C24H31N5O2/c1-24(2,3)16-27-23-22-18(7-8-25-23)15-26-21(28-22)13-17-5-6-19(14-20(17)30-4)29-9-11-31-12-10-29/h5-8,14-15H,9-13,16H2,1-4H3,(H,25,27). The van der Waals surface area contributed by atoms with Gasteiger partial charge in [0.2, 0.25) is 0 Å². The number of pyridine rings is 1. The molecule has 0 unspecified atom stereocenters. The molecule has 1 aliphatic rings. The molecule has 7 heteroatoms. The molecule has 164 valence electrons. The molecule has 7 nitrogen and oxygen atoms in total. The van der Waals surface area contributed by atoms with Gasteiger partial charge in [0, 0.05) is 61.2 Å². The maximum absolute atomic E-state index is 5.70. The molecule has 31 heavy (non-hydrogen) atoms. The van der Waals surface area contributed by atoms with E-state index in [2.05, 4.69) is 59.2 Å². The van der Waals surface area contributed by atoms with Crippen molar-refractivity contribution < 1.29 is 9.47 Å². The SMILES string of the molecule is COc1cc(N2CCOCC2)ccc1Cc1ncc2ccnc(NCC(C)(C)C)c2n1. The highest BCUT2D eigenvalue weighted by Crippen LogP contribution is 2.28. The van der Waals surface area contributed by atoms with Crippen LogP contribution in [-0.2, 0) is 11.2 Å². The number of morpholine rings is 1. The first kappa shape index (κ1) is 21.3. The number of nitrogens with zero attached hydrogens (tertiary/aromatic N) is 4. The van der Waals surface area contributed by atoms with Crippen LogP contribution in [0.4, 0.5) is 11.5 Å². The van der Waals surface area contributed by atoms with Crippen molar-refractivity contribution in [3.63, 3.8) is 0 Å². The van der Waals surface area contributed by atoms with Gasteiger partial charge in [-0.15, -0.1) is 0 Å². The molecule has 1 aliphatic heterocycles. The first-order valence-electron chi connectivity index (χ1n) is 10.8. The monoisotopic (exact) mass is 421 g/mol. The molecule has 1 fully saturated rings. The molecular formula is C24H31N5O2. The molecule has 0 spiro atoms. The molecule has 0 atom stereocenters. The van der Waals surface area contributed by atoms with Crippen molar-refractivity contribution in [3.8, 4) is 5.75 Å². The number of fused-ring (bicyclic) bond motifs is 1. The molecule has 3 heterocycles. The fraction of sp³-hybridized carbons (Fsp3) is 0.458. The Balaban J connectivity index is 1.59. The van der Waals surface area contributed by atoms with Gasteiger partial charge in [-0.3, -0.25) is 0 Å². The number of hydrogen-bond acceptors (Lipinski definition) is 7. The third-order valence-corrected chi connectivity index (χ3v) is 5.33. The van der Waals surface area contributed by atoms with Gasteiger partial charge in [-0.2, -0.15) is 0 Å². The van der Waals surface area contributed by atoms with Crippen LogP contribution in [0.15, 0.2) is 36.7 Å². The summed E-state index contributed by atoms with van der Waals surface area (Å²) in [5.74, 6) is 2.40. The molecule has 1 aromatic carbocycles. The maximum Gasteiger partial charge on any atom is 0.152 e. The molecule has 0 saturated carbocycles. The van der Waals surface area contributed by atoms with Crippen molar-refractivity contribution in [2.75, 3.05) is 50.2 Å². The quantitative estimate of drug-likeness (QED) is 0.647. The minimum Gasteiger partial charge on any atom is -0.496 e. The van der Waals surface area contributed by atoms with Crippen molar-refractivity contribution in [2.24, 2.45) is 5.41 Å². The first-order chi connectivity index (χ1) is 14.9. The summed E-state index contributed by atoms with van der Waals surface area (Å²) in [4.78, 5) is 16.3. The van der Waals surface area contributed by atoms with E-state index in [4.69, 9.17) is 14.5 Å². The Morgan fingerprint density at radius 2 is 1.94 bits per heavy atom. The van der Waals surface area contributed by atoms with Gasteiger partial charge >= 0.3 is 0 Å². The number of hydrogen-bond donors (Lipinski definition) is 1. The summed E-state index contributed by atoms with van der Waals surface area (Å²) in [6.07, 6.45) is 4.26. The zero-order valence-corrected chi connectivity index (χ0v) is 18.8. The topological polar surface area (TPSA) is 72.4 Å². The minimum absolute atomic E-state index is 0.148. The number of anilines is 2. The van der Waals surface area contributed by atoms with Gasteiger partial charge < -0.3 is 19.7 Å². The smallest absolute Gasteiger partial charge is 0.152 e. The summed E-state index contributed by atoms with van der Waals surface area (Å²) in [7, 11) is 1.71. The van der Waals surface area contributed by atoms with Crippen LogP contribution in [0.1, 0.15) is 32.2 Å². The molecule has 0 amide bonds. The van der Waals surface area contributed by atoms with E-state index in [9.17, 15) is 0 Å². The van der Waals surface area contributed by atoms with Gasteiger partial charge in [-0.1, -0.05) is 26.8 Å². The van der Waals surface area contributed by atoms with Crippen molar-refractivity contribution in [2.45, 2.75) is 27.2 Å². The highest BCUT2D eigenvalue weighted by Gasteiger charge is 2.16. The van der Waals surface area contributed by atoms with Crippen molar-refractivity contribution >= 4 is 22.4 Å². The normalized spacial score (nSPS) is 14.6. The van der Waals surface area contributed by atoms with E-state index in [0.717, 1.165) is 72.4 Å². The van der Waals surface area contributed by atoms with E-state index < -0.39 is 0 Å². The first-order valence-corrected chi connectivity index (χ1v) is 10.8. The van der Waals surface area contributed by atoms with E-state index >= 15 is 0 Å². The van der Waals surface area contributed by atoms with E-state index in [1.807, 2.05) is 12.3 Å². The Kier molecular flexibility index (Phi) is 6.23. The van der Waals surface area contributed by atoms with Crippen LogP contribution < -0.4 is 15.0 Å². The average molecular weight is 422 g/mol. The fourth-order valence-electron chi connectivity index (χ4n) is 3.62. The number of rotatable bonds is 6. The molecule has 0 bridgehead atoms. The van der Waals surface area contributed by atoms with E-state index in [1.165, 1.54) is 0 Å². The predicted molar refractivity (Wildman–Crippen MR) is 124 cm³/mol. The third kappa shape index (κ3) is 5.22. The number of benzene rings is 1. The molecule has 1 saturated heterocycles. The third-order valence-electron chi connectivity index (χ3n) is 5.33. The molecule has 0 aliphatic carbocycles. The number of aromatic nitrogens is 3. The maximum atomic E-state index is 5.70. The molecule has 0 radical (unpaired) electrons. The van der Waals surface area contributed by atoms with Gasteiger partial charge in [0.1, 0.15) is 17.1 Å². The Morgan fingerprint density at radius 3 is 2.68 bits per heavy atom. The zero-order valence-electron chi connectivity index (χ0n) is 18.8. The molecule has 4 rings (SSSR count). The Bertz CT molecular complexity index is 1040. The Hall–Kier alpha value is -2.93. The second-order valence-corrected chi connectivity index (χ2v) is 9.07. The largest absolute Gasteiger partial charge is 0.496 e. The molecular weight excluding hydrogens is 390 g/mol. The summed E-state index contributed by atoms with van der Waals surface area (Å²) in [6, 6.07) is 8.29. The van der Waals surface area contributed by atoms with Crippen LogP contribution in [0.25, 0.3) is 10.9 Å². The summed E-state index contributed by atoms with van der Waals surface area (Å²) in [5.41, 5.74) is 3.21. The summed E-state index contributed by atoms with van der Waals surface area (Å²) >= 11 is 0. The van der Waals surface area contributed by atoms with Gasteiger partial charge in [-0.25, -0.2) is 15.0 Å². The Labute approximate surface area is 183 Å². The van der Waals surface area contributed by atoms with Crippen molar-refractivity contribution in [1.29, 1.82) is 0 Å². The Morgan fingerprint density at radius 1 is 1.13 bits per heavy atom. The molecule has 2 aromatic heterocycles. The van der Waals surface area contributed by atoms with E-state index in [0.29, 0.717) is 6.42 Å². The fourth-order valence-corrected chi connectivity index (χ4v) is 3.62. The van der Waals surface area contributed by atoms with Crippen LogP contribution in [0.2, 0.25) is 0 Å². The zero-order chi connectivity index (χ0) is 21.8. The second kappa shape index (κ2) is 9.06. The summed E-state index contributed by atoms with van der Waals surface area (Å²) in [5, 5.41) is 4.42. The van der Waals surface area contributed by atoms with Crippen LogP contribution in [0.3, 0.4) is 0 Å². The lowest BCUT2D eigenvalue weighted by Crippen LogP contribution is -2.36. The predicted octanol–water partition coefficient (Wildman–Crippen LogP) is 3.92. The average Bonchev–Trinajstić information content (AvgIpc) is 2.78. The lowest BCUT2D eigenvalue weighted by Gasteiger charge is -2.29. The highest BCUT2D eigenvalue weighted by molar-refractivity contribution is 5.87. The van der Waals surface area contributed by atoms with Crippen LogP contribution >= 0.6 is 0 Å².